The number of nitrogens with one attached hydrogen (secondary N) is 2. The van der Waals surface area contributed by atoms with Crippen LogP contribution in [0.15, 0.2) is 58.9 Å². The Morgan fingerprint density at radius 1 is 1.03 bits per heavy atom. The van der Waals surface area contributed by atoms with Gasteiger partial charge in [0.2, 0.25) is 11.0 Å². The Bertz CT molecular complexity index is 976. The van der Waals surface area contributed by atoms with Gasteiger partial charge >= 0.3 is 0 Å². The van der Waals surface area contributed by atoms with Crippen molar-refractivity contribution in [2.45, 2.75) is 17.4 Å². The summed E-state index contributed by atoms with van der Waals surface area (Å²) >= 11 is 4.88. The monoisotopic (exact) mass is 471 g/mol. The zero-order valence-electron chi connectivity index (χ0n) is 17.1. The first kappa shape index (κ1) is 22.1. The summed E-state index contributed by atoms with van der Waals surface area (Å²) in [5.41, 5.74) is 3.26. The smallest absolute Gasteiger partial charge is 0.234 e. The van der Waals surface area contributed by atoms with E-state index in [9.17, 15) is 4.79 Å². The molecule has 162 valence electrons. The lowest BCUT2D eigenvalue weighted by Crippen LogP contribution is -2.31. The van der Waals surface area contributed by atoms with E-state index < -0.39 is 0 Å². The molecule has 1 saturated heterocycles. The maximum absolute atomic E-state index is 12.4. The third-order valence-corrected chi connectivity index (χ3v) is 7.70. The fraction of sp³-hybridized carbons (Fsp3) is 0.318. The van der Waals surface area contributed by atoms with Crippen LogP contribution in [0.5, 0.6) is 0 Å². The molecule has 31 heavy (non-hydrogen) atoms. The van der Waals surface area contributed by atoms with Crippen LogP contribution < -0.4 is 10.6 Å². The van der Waals surface area contributed by atoms with E-state index >= 15 is 0 Å². The molecule has 4 rings (SSSR count). The first-order valence-corrected chi connectivity index (χ1v) is 13.1. The Kier molecular flexibility index (Phi) is 8.23. The molecule has 0 spiro atoms. The first-order chi connectivity index (χ1) is 15.2. The van der Waals surface area contributed by atoms with E-state index in [1.54, 1.807) is 0 Å². The van der Waals surface area contributed by atoms with Gasteiger partial charge in [0.25, 0.3) is 0 Å². The molecule has 2 aromatic carbocycles. The summed E-state index contributed by atoms with van der Waals surface area (Å²) in [6.07, 6.45) is 0. The third-order valence-electron chi connectivity index (χ3n) is 4.74. The van der Waals surface area contributed by atoms with E-state index in [0.717, 1.165) is 34.8 Å². The average molecular weight is 472 g/mol. The van der Waals surface area contributed by atoms with E-state index in [2.05, 4.69) is 50.0 Å². The minimum Gasteiger partial charge on any atom is -0.356 e. The summed E-state index contributed by atoms with van der Waals surface area (Å²) in [6.45, 7) is 3.89. The number of amides is 1. The van der Waals surface area contributed by atoms with Gasteiger partial charge in [-0.15, -0.1) is 10.2 Å². The van der Waals surface area contributed by atoms with E-state index in [-0.39, 0.29) is 5.91 Å². The Labute approximate surface area is 195 Å². The van der Waals surface area contributed by atoms with Crippen molar-refractivity contribution in [3.8, 4) is 0 Å². The van der Waals surface area contributed by atoms with Crippen molar-refractivity contribution < 1.29 is 4.79 Å². The lowest BCUT2D eigenvalue weighted by molar-refractivity contribution is -0.113. The molecule has 0 atom stereocenters. The van der Waals surface area contributed by atoms with Gasteiger partial charge in [0.05, 0.1) is 5.75 Å². The summed E-state index contributed by atoms with van der Waals surface area (Å²) in [4.78, 5) is 14.9. The first-order valence-electron chi connectivity index (χ1n) is 10.2. The molecular weight excluding hydrogens is 446 g/mol. The molecule has 9 heteroatoms. The highest BCUT2D eigenvalue weighted by Crippen LogP contribution is 2.26. The van der Waals surface area contributed by atoms with Crippen LogP contribution in [0.4, 0.5) is 10.8 Å². The molecular formula is C22H25N5OS3. The summed E-state index contributed by atoms with van der Waals surface area (Å²) in [5.74, 6) is 2.66. The highest BCUT2D eigenvalue weighted by molar-refractivity contribution is 8.01. The van der Waals surface area contributed by atoms with Crippen LogP contribution in [-0.4, -0.2) is 51.4 Å². The van der Waals surface area contributed by atoms with Crippen molar-refractivity contribution in [2.24, 2.45) is 0 Å². The lowest BCUT2D eigenvalue weighted by atomic mass is 10.2. The van der Waals surface area contributed by atoms with Gasteiger partial charge in [0, 0.05) is 43.4 Å². The molecule has 1 aliphatic heterocycles. The second-order valence-corrected chi connectivity index (χ2v) is 10.6. The average Bonchev–Trinajstić information content (AvgIpc) is 3.26. The molecule has 1 aliphatic rings. The molecule has 2 heterocycles. The zero-order chi connectivity index (χ0) is 21.3. The van der Waals surface area contributed by atoms with Crippen molar-refractivity contribution in [1.29, 1.82) is 0 Å². The maximum Gasteiger partial charge on any atom is 0.234 e. The predicted octanol–water partition coefficient (Wildman–Crippen LogP) is 4.43. The Balaban J connectivity index is 1.22. The maximum atomic E-state index is 12.4. The molecule has 0 saturated carbocycles. The molecule has 6 nitrogen and oxygen atoms in total. The van der Waals surface area contributed by atoms with E-state index in [0.29, 0.717) is 12.3 Å². The number of rotatable bonds is 9. The molecule has 1 aromatic heterocycles. The second kappa shape index (κ2) is 11.5. The number of aromatic nitrogens is 2. The fourth-order valence-electron chi connectivity index (χ4n) is 3.20. The van der Waals surface area contributed by atoms with Gasteiger partial charge in [0.15, 0.2) is 4.34 Å². The van der Waals surface area contributed by atoms with Gasteiger partial charge in [-0.2, -0.15) is 11.8 Å². The topological polar surface area (TPSA) is 70.1 Å². The molecule has 0 radical (unpaired) electrons. The normalized spacial score (nSPS) is 14.3. The number of hydrogen-bond acceptors (Lipinski definition) is 8. The molecule has 1 fully saturated rings. The van der Waals surface area contributed by atoms with Crippen LogP contribution in [0.2, 0.25) is 0 Å². The largest absolute Gasteiger partial charge is 0.356 e. The van der Waals surface area contributed by atoms with Gasteiger partial charge in [-0.3, -0.25) is 9.69 Å². The number of carbonyl (C=O) groups is 1. The predicted molar refractivity (Wildman–Crippen MR) is 132 cm³/mol. The molecule has 2 N–H and O–H groups in total. The molecule has 1 amide bonds. The van der Waals surface area contributed by atoms with Gasteiger partial charge in [-0.25, -0.2) is 0 Å². The number of hydrogen-bond donors (Lipinski definition) is 2. The van der Waals surface area contributed by atoms with Crippen molar-refractivity contribution in [2.75, 3.05) is 41.0 Å². The summed E-state index contributed by atoms with van der Waals surface area (Å²) in [7, 11) is 0. The van der Waals surface area contributed by atoms with Crippen LogP contribution in [-0.2, 0) is 17.9 Å². The number of carbonyl (C=O) groups excluding carboxylic acids is 1. The summed E-state index contributed by atoms with van der Waals surface area (Å²) in [5, 5.41) is 15.4. The number of thioether (sulfide) groups is 2. The Morgan fingerprint density at radius 2 is 1.84 bits per heavy atom. The Morgan fingerprint density at radius 3 is 2.68 bits per heavy atom. The van der Waals surface area contributed by atoms with Gasteiger partial charge in [-0.05, 0) is 23.3 Å². The van der Waals surface area contributed by atoms with Gasteiger partial charge < -0.3 is 10.6 Å². The number of benzene rings is 2. The SMILES string of the molecule is O=C(CSc1nnc(NCc2ccccc2)s1)Nc1cccc(CN2CCSCC2)c1. The van der Waals surface area contributed by atoms with Crippen molar-refractivity contribution in [3.63, 3.8) is 0 Å². The lowest BCUT2D eigenvalue weighted by Gasteiger charge is -2.26. The standard InChI is InChI=1S/C22H25N5OS3/c28-20(24-19-8-4-7-18(13-19)15-27-9-11-29-12-10-27)16-30-22-26-25-21(31-22)23-14-17-5-2-1-3-6-17/h1-8,13H,9-12,14-16H2,(H,23,25)(H,24,28). The van der Waals surface area contributed by atoms with E-state index in [1.807, 2.05) is 42.1 Å². The molecule has 3 aromatic rings. The quantitative estimate of drug-likeness (QED) is 0.447. The fourth-order valence-corrected chi connectivity index (χ4v) is 5.73. The zero-order valence-corrected chi connectivity index (χ0v) is 19.6. The minimum absolute atomic E-state index is 0.0366. The van der Waals surface area contributed by atoms with Crippen LogP contribution in [0.1, 0.15) is 11.1 Å². The minimum atomic E-state index is -0.0366. The van der Waals surface area contributed by atoms with Crippen molar-refractivity contribution >= 4 is 51.6 Å². The highest BCUT2D eigenvalue weighted by atomic mass is 32.2. The summed E-state index contributed by atoms with van der Waals surface area (Å²) < 4.78 is 0.780. The Hall–Kier alpha value is -2.07. The second-order valence-electron chi connectivity index (χ2n) is 7.14. The van der Waals surface area contributed by atoms with Crippen LogP contribution in [0.25, 0.3) is 0 Å². The van der Waals surface area contributed by atoms with Crippen LogP contribution in [0, 0.1) is 0 Å². The van der Waals surface area contributed by atoms with Crippen molar-refractivity contribution in [3.05, 3.63) is 65.7 Å². The van der Waals surface area contributed by atoms with Crippen LogP contribution in [0.3, 0.4) is 0 Å². The van der Waals surface area contributed by atoms with Crippen LogP contribution >= 0.6 is 34.9 Å². The van der Waals surface area contributed by atoms with E-state index in [1.165, 1.54) is 45.7 Å². The van der Waals surface area contributed by atoms with Crippen molar-refractivity contribution in [1.82, 2.24) is 15.1 Å². The molecule has 0 bridgehead atoms. The molecule has 0 aliphatic carbocycles. The molecule has 0 unspecified atom stereocenters. The highest BCUT2D eigenvalue weighted by Gasteiger charge is 2.12. The third kappa shape index (κ3) is 7.24. The van der Waals surface area contributed by atoms with E-state index in [4.69, 9.17) is 0 Å². The number of nitrogens with zero attached hydrogens (tertiary/aromatic N) is 3. The van der Waals surface area contributed by atoms with Gasteiger partial charge in [0.1, 0.15) is 0 Å². The van der Waals surface area contributed by atoms with Gasteiger partial charge in [-0.1, -0.05) is 65.6 Å². The number of anilines is 2. The summed E-state index contributed by atoms with van der Waals surface area (Å²) in [6, 6.07) is 18.3.